The van der Waals surface area contributed by atoms with Crippen LogP contribution in [0, 0.1) is 17.6 Å². The molecular formula is C49H53F2N3O3. The minimum Gasteiger partial charge on any atom is -0.351 e. The highest BCUT2D eigenvalue weighted by Crippen LogP contribution is 2.23. The number of carbonyl (C=O) groups is 3. The maximum atomic E-state index is 13.5. The first-order valence-corrected chi connectivity index (χ1v) is 19.4. The number of likely N-dealkylation sites (N-methyl/N-ethyl adjacent to an activating group) is 1. The van der Waals surface area contributed by atoms with Gasteiger partial charge in [-0.1, -0.05) is 129 Å². The Morgan fingerprint density at radius 2 is 1.49 bits per heavy atom. The van der Waals surface area contributed by atoms with Crippen LogP contribution in [0.15, 0.2) is 133 Å². The molecule has 0 saturated carbocycles. The van der Waals surface area contributed by atoms with Gasteiger partial charge in [0.05, 0.1) is 5.56 Å². The molecule has 0 unspecified atom stereocenters. The third kappa shape index (κ3) is 14.3. The van der Waals surface area contributed by atoms with Crippen LogP contribution in [-0.2, 0) is 11.3 Å². The van der Waals surface area contributed by atoms with Crippen molar-refractivity contribution in [1.82, 2.24) is 15.5 Å². The smallest absolute Gasteiger partial charge is 0.244 e. The molecule has 57 heavy (non-hydrogen) atoms. The molecule has 1 aliphatic heterocycles. The Balaban J connectivity index is 0.000000190. The van der Waals surface area contributed by atoms with Gasteiger partial charge < -0.3 is 15.5 Å². The molecule has 8 heteroatoms. The SMILES string of the molecule is C/C=C\c1ccc(/C=C/C(=O)NC[C@@H]2CCCN2C)cc1.CC(C)CNCc1ccccc1-c1ccccc1.O=Cc1ccccc1C(=O)c1ccc(F)cc1F. The normalized spacial score (nSPS) is 13.8. The van der Waals surface area contributed by atoms with Crippen molar-refractivity contribution in [2.75, 3.05) is 26.7 Å². The average molecular weight is 770 g/mol. The number of rotatable bonds is 13. The maximum absolute atomic E-state index is 13.5. The second-order valence-corrected chi connectivity index (χ2v) is 14.2. The second kappa shape index (κ2) is 23.3. The lowest BCUT2D eigenvalue weighted by atomic mass is 9.98. The Bertz CT molecular complexity index is 2100. The van der Waals surface area contributed by atoms with Gasteiger partial charge >= 0.3 is 0 Å². The summed E-state index contributed by atoms with van der Waals surface area (Å²) in [5.41, 5.74) is 6.20. The monoisotopic (exact) mass is 769 g/mol. The Morgan fingerprint density at radius 3 is 2.14 bits per heavy atom. The van der Waals surface area contributed by atoms with Crippen molar-refractivity contribution < 1.29 is 23.2 Å². The van der Waals surface area contributed by atoms with Crippen LogP contribution < -0.4 is 10.6 Å². The van der Waals surface area contributed by atoms with E-state index in [0.29, 0.717) is 24.3 Å². The van der Waals surface area contributed by atoms with Crippen LogP contribution in [-0.4, -0.2) is 55.6 Å². The van der Waals surface area contributed by atoms with Crippen molar-refractivity contribution in [3.63, 3.8) is 0 Å². The lowest BCUT2D eigenvalue weighted by molar-refractivity contribution is -0.116. The number of carbonyl (C=O) groups excluding carboxylic acids is 3. The van der Waals surface area contributed by atoms with E-state index in [2.05, 4.69) is 97.1 Å². The number of nitrogens with zero attached hydrogens (tertiary/aromatic N) is 1. The van der Waals surface area contributed by atoms with Crippen molar-refractivity contribution in [2.24, 2.45) is 5.92 Å². The molecule has 6 nitrogen and oxygen atoms in total. The van der Waals surface area contributed by atoms with Gasteiger partial charge in [-0.2, -0.15) is 0 Å². The Labute approximate surface area is 336 Å². The Kier molecular flexibility index (Phi) is 17.9. The van der Waals surface area contributed by atoms with Gasteiger partial charge in [-0.25, -0.2) is 8.78 Å². The summed E-state index contributed by atoms with van der Waals surface area (Å²) >= 11 is 0. The van der Waals surface area contributed by atoms with Crippen LogP contribution >= 0.6 is 0 Å². The van der Waals surface area contributed by atoms with Crippen molar-refractivity contribution in [3.8, 4) is 11.1 Å². The van der Waals surface area contributed by atoms with E-state index in [4.69, 9.17) is 0 Å². The highest BCUT2D eigenvalue weighted by Gasteiger charge is 2.20. The summed E-state index contributed by atoms with van der Waals surface area (Å²) in [6.07, 6.45) is 10.5. The number of ketones is 1. The van der Waals surface area contributed by atoms with Crippen molar-refractivity contribution in [1.29, 1.82) is 0 Å². The van der Waals surface area contributed by atoms with E-state index in [1.54, 1.807) is 18.2 Å². The van der Waals surface area contributed by atoms with Crippen molar-refractivity contribution in [2.45, 2.75) is 46.2 Å². The molecule has 0 aromatic heterocycles. The fourth-order valence-electron chi connectivity index (χ4n) is 6.29. The predicted octanol–water partition coefficient (Wildman–Crippen LogP) is 10.1. The molecule has 1 heterocycles. The zero-order valence-corrected chi connectivity index (χ0v) is 33.3. The van der Waals surface area contributed by atoms with E-state index in [0.717, 1.165) is 43.9 Å². The zero-order valence-electron chi connectivity index (χ0n) is 33.3. The van der Waals surface area contributed by atoms with E-state index in [1.807, 2.05) is 43.3 Å². The number of hydrogen-bond donors (Lipinski definition) is 2. The summed E-state index contributed by atoms with van der Waals surface area (Å²) in [6.45, 7) is 10.3. The number of hydrogen-bond acceptors (Lipinski definition) is 5. The third-order valence-corrected chi connectivity index (χ3v) is 9.38. The molecule has 6 rings (SSSR count). The second-order valence-electron chi connectivity index (χ2n) is 14.2. The molecule has 0 aliphatic carbocycles. The predicted molar refractivity (Wildman–Crippen MR) is 229 cm³/mol. The summed E-state index contributed by atoms with van der Waals surface area (Å²) < 4.78 is 26.2. The van der Waals surface area contributed by atoms with Crippen molar-refractivity contribution in [3.05, 3.63) is 178 Å². The molecule has 0 spiro atoms. The number of amides is 1. The molecule has 0 radical (unpaired) electrons. The summed E-state index contributed by atoms with van der Waals surface area (Å²) in [5.74, 6) is -1.68. The summed E-state index contributed by atoms with van der Waals surface area (Å²) in [7, 11) is 2.12. The first-order chi connectivity index (χ1) is 27.6. The van der Waals surface area contributed by atoms with Gasteiger partial charge in [0.15, 0.2) is 12.1 Å². The largest absolute Gasteiger partial charge is 0.351 e. The Morgan fingerprint density at radius 1 is 0.825 bits per heavy atom. The number of aldehydes is 1. The molecule has 5 aromatic carbocycles. The minimum absolute atomic E-state index is 0.0205. The van der Waals surface area contributed by atoms with Gasteiger partial charge in [-0.15, -0.1) is 0 Å². The number of allylic oxidation sites excluding steroid dienone is 1. The topological polar surface area (TPSA) is 78.5 Å². The lowest BCUT2D eigenvalue weighted by Crippen LogP contribution is -2.37. The minimum atomic E-state index is -0.944. The maximum Gasteiger partial charge on any atom is 0.244 e. The molecule has 5 aromatic rings. The number of halogens is 2. The van der Waals surface area contributed by atoms with Gasteiger partial charge in [0, 0.05) is 42.4 Å². The average Bonchev–Trinajstić information content (AvgIpc) is 3.64. The van der Waals surface area contributed by atoms with Crippen LogP contribution in [0.25, 0.3) is 23.3 Å². The molecule has 296 valence electrons. The van der Waals surface area contributed by atoms with Crippen LogP contribution in [0.2, 0.25) is 0 Å². The fourth-order valence-corrected chi connectivity index (χ4v) is 6.29. The van der Waals surface area contributed by atoms with Gasteiger partial charge in [0.2, 0.25) is 5.91 Å². The van der Waals surface area contributed by atoms with Gasteiger partial charge in [-0.05, 0) is 91.8 Å². The standard InChI is InChI=1S/C18H24N2O.C17H21N.C14H8F2O2/c1-3-5-15-7-9-16(10-8-15)11-12-18(21)19-14-17-6-4-13-20(17)2;1-14(2)12-18-13-16-10-6-7-11-17(16)15-8-4-3-5-9-15;15-10-5-6-12(13(16)7-10)14(18)11-4-2-1-3-9(11)8-17/h3,5,7-12,17H,4,6,13-14H2,1-2H3,(H,19,21);3-11,14,18H,12-13H2,1-2H3;1-8H/b5-3-,12-11+;;/t17-;;/m0../s1. The summed E-state index contributed by atoms with van der Waals surface area (Å²) in [5, 5.41) is 6.49. The molecular weight excluding hydrogens is 717 g/mol. The number of benzene rings is 5. The summed E-state index contributed by atoms with van der Waals surface area (Å²) in [4.78, 5) is 37.0. The van der Waals surface area contributed by atoms with E-state index in [9.17, 15) is 23.2 Å². The van der Waals surface area contributed by atoms with Gasteiger partial charge in [-0.3, -0.25) is 14.4 Å². The molecule has 1 atom stereocenters. The molecule has 1 aliphatic rings. The molecule has 1 fully saturated rings. The zero-order chi connectivity index (χ0) is 41.0. The molecule has 1 amide bonds. The van der Waals surface area contributed by atoms with E-state index in [-0.39, 0.29) is 22.6 Å². The first-order valence-electron chi connectivity index (χ1n) is 19.4. The molecule has 1 saturated heterocycles. The first kappa shape index (κ1) is 43.9. The van der Waals surface area contributed by atoms with Gasteiger partial charge in [0.1, 0.15) is 11.6 Å². The van der Waals surface area contributed by atoms with Crippen LogP contribution in [0.5, 0.6) is 0 Å². The van der Waals surface area contributed by atoms with Crippen LogP contribution in [0.3, 0.4) is 0 Å². The summed E-state index contributed by atoms with van der Waals surface area (Å²) in [6, 6.07) is 36.6. The van der Waals surface area contributed by atoms with Crippen molar-refractivity contribution >= 4 is 30.1 Å². The highest BCUT2D eigenvalue weighted by molar-refractivity contribution is 6.12. The number of likely N-dealkylation sites (tertiary alicyclic amines) is 1. The highest BCUT2D eigenvalue weighted by atomic mass is 19.1. The Hall–Kier alpha value is -5.83. The van der Waals surface area contributed by atoms with Gasteiger partial charge in [0.25, 0.3) is 0 Å². The lowest BCUT2D eigenvalue weighted by Gasteiger charge is -2.19. The van der Waals surface area contributed by atoms with E-state index in [1.165, 1.54) is 47.2 Å². The quantitative estimate of drug-likeness (QED) is 0.0709. The molecule has 0 bridgehead atoms. The van der Waals surface area contributed by atoms with Crippen LogP contribution in [0.4, 0.5) is 8.78 Å². The van der Waals surface area contributed by atoms with E-state index >= 15 is 0 Å². The third-order valence-electron chi connectivity index (χ3n) is 9.38. The van der Waals surface area contributed by atoms with Crippen LogP contribution in [0.1, 0.15) is 76.6 Å². The molecule has 2 N–H and O–H groups in total. The van der Waals surface area contributed by atoms with E-state index < -0.39 is 17.4 Å². The fraction of sp³-hybridized carbons (Fsp3) is 0.245. The number of nitrogens with one attached hydrogen (secondary N) is 2.